The van der Waals surface area contributed by atoms with Gasteiger partial charge in [0.05, 0.1) is 0 Å². The smallest absolute Gasteiger partial charge is 0.255 e. The van der Waals surface area contributed by atoms with E-state index in [1.165, 1.54) is 5.56 Å². The first-order valence-corrected chi connectivity index (χ1v) is 11.0. The molecule has 4 rings (SSSR count). The van der Waals surface area contributed by atoms with Crippen molar-refractivity contribution in [2.75, 3.05) is 26.2 Å². The van der Waals surface area contributed by atoms with Crippen LogP contribution in [0.1, 0.15) is 41.8 Å². The number of carbonyl (C=O) groups is 2. The Balaban J connectivity index is 1.42. The van der Waals surface area contributed by atoms with E-state index in [9.17, 15) is 9.59 Å². The highest BCUT2D eigenvalue weighted by Gasteiger charge is 2.38. The number of nitrogens with zero attached hydrogens (tertiary/aromatic N) is 3. The SMILES string of the molecule is CC(C)CC(C(=O)N1CCN(Cc2ccccc2)CC1)N1Cc2ccccc2C1=O. The van der Waals surface area contributed by atoms with E-state index in [1.54, 1.807) is 4.90 Å². The zero-order chi connectivity index (χ0) is 21.1. The summed E-state index contributed by atoms with van der Waals surface area (Å²) in [7, 11) is 0. The van der Waals surface area contributed by atoms with Gasteiger partial charge in [0.1, 0.15) is 6.04 Å². The third kappa shape index (κ3) is 4.41. The Kier molecular flexibility index (Phi) is 6.18. The van der Waals surface area contributed by atoms with E-state index < -0.39 is 0 Å². The number of fused-ring (bicyclic) bond motifs is 1. The molecule has 2 aliphatic rings. The molecule has 5 heteroatoms. The second-order valence-corrected chi connectivity index (χ2v) is 8.82. The molecule has 0 bridgehead atoms. The predicted molar refractivity (Wildman–Crippen MR) is 118 cm³/mol. The first kappa shape index (κ1) is 20.6. The van der Waals surface area contributed by atoms with Crippen LogP contribution in [0.15, 0.2) is 54.6 Å². The van der Waals surface area contributed by atoms with E-state index in [2.05, 4.69) is 43.0 Å². The van der Waals surface area contributed by atoms with Crippen molar-refractivity contribution in [1.29, 1.82) is 0 Å². The maximum Gasteiger partial charge on any atom is 0.255 e. The van der Waals surface area contributed by atoms with E-state index in [0.29, 0.717) is 18.9 Å². The van der Waals surface area contributed by atoms with Crippen molar-refractivity contribution < 1.29 is 9.59 Å². The lowest BCUT2D eigenvalue weighted by atomic mass is 10.0. The average molecular weight is 406 g/mol. The van der Waals surface area contributed by atoms with Gasteiger partial charge >= 0.3 is 0 Å². The molecule has 2 amide bonds. The molecule has 2 aromatic rings. The molecule has 1 fully saturated rings. The summed E-state index contributed by atoms with van der Waals surface area (Å²) in [6.07, 6.45) is 0.697. The summed E-state index contributed by atoms with van der Waals surface area (Å²) in [5, 5.41) is 0. The minimum atomic E-state index is -0.384. The molecule has 2 aromatic carbocycles. The van der Waals surface area contributed by atoms with E-state index in [4.69, 9.17) is 0 Å². The van der Waals surface area contributed by atoms with Crippen LogP contribution in [0.25, 0.3) is 0 Å². The number of hydrogen-bond acceptors (Lipinski definition) is 3. The summed E-state index contributed by atoms with van der Waals surface area (Å²) in [5.74, 6) is 0.436. The summed E-state index contributed by atoms with van der Waals surface area (Å²) in [6, 6.07) is 17.8. The quantitative estimate of drug-likeness (QED) is 0.740. The Morgan fingerprint density at radius 1 is 0.933 bits per heavy atom. The van der Waals surface area contributed by atoms with Crippen LogP contribution in [0.4, 0.5) is 0 Å². The van der Waals surface area contributed by atoms with Crippen molar-refractivity contribution in [2.24, 2.45) is 5.92 Å². The summed E-state index contributed by atoms with van der Waals surface area (Å²) >= 11 is 0. The molecule has 0 radical (unpaired) electrons. The third-order valence-electron chi connectivity index (χ3n) is 6.14. The Morgan fingerprint density at radius 2 is 1.60 bits per heavy atom. The van der Waals surface area contributed by atoms with Gasteiger partial charge in [0.2, 0.25) is 5.91 Å². The zero-order valence-electron chi connectivity index (χ0n) is 18.0. The normalized spacial score (nSPS) is 18.0. The van der Waals surface area contributed by atoms with Crippen LogP contribution in [0.2, 0.25) is 0 Å². The van der Waals surface area contributed by atoms with Gasteiger partial charge in [-0.05, 0) is 29.5 Å². The standard InChI is InChI=1S/C25H31N3O2/c1-19(2)16-23(28-18-21-10-6-7-11-22(21)24(28)29)25(30)27-14-12-26(13-15-27)17-20-8-4-3-5-9-20/h3-11,19,23H,12-18H2,1-2H3. The van der Waals surface area contributed by atoms with Crippen LogP contribution in [-0.2, 0) is 17.9 Å². The molecule has 1 unspecified atom stereocenters. The van der Waals surface area contributed by atoms with Gasteiger partial charge in [-0.25, -0.2) is 0 Å². The molecule has 1 saturated heterocycles. The lowest BCUT2D eigenvalue weighted by molar-refractivity contribution is -0.138. The number of amides is 2. The van der Waals surface area contributed by atoms with Crippen molar-refractivity contribution in [1.82, 2.24) is 14.7 Å². The maximum absolute atomic E-state index is 13.5. The molecule has 2 heterocycles. The zero-order valence-corrected chi connectivity index (χ0v) is 18.0. The van der Waals surface area contributed by atoms with E-state index >= 15 is 0 Å². The van der Waals surface area contributed by atoms with Crippen molar-refractivity contribution in [3.63, 3.8) is 0 Å². The van der Waals surface area contributed by atoms with Crippen molar-refractivity contribution in [3.8, 4) is 0 Å². The van der Waals surface area contributed by atoms with Gasteiger partial charge in [-0.1, -0.05) is 62.4 Å². The molecular weight excluding hydrogens is 374 g/mol. The molecule has 30 heavy (non-hydrogen) atoms. The monoisotopic (exact) mass is 405 g/mol. The van der Waals surface area contributed by atoms with Gasteiger partial charge in [0, 0.05) is 44.8 Å². The van der Waals surface area contributed by atoms with Crippen LogP contribution < -0.4 is 0 Å². The molecule has 0 aliphatic carbocycles. The molecule has 5 nitrogen and oxygen atoms in total. The Labute approximate surface area is 179 Å². The first-order valence-electron chi connectivity index (χ1n) is 11.0. The molecule has 1 atom stereocenters. The molecule has 0 saturated carbocycles. The van der Waals surface area contributed by atoms with Crippen LogP contribution in [0.3, 0.4) is 0 Å². The Morgan fingerprint density at radius 3 is 2.27 bits per heavy atom. The number of piperazine rings is 1. The first-order chi connectivity index (χ1) is 14.5. The second kappa shape index (κ2) is 9.00. The minimum Gasteiger partial charge on any atom is -0.338 e. The molecule has 0 N–H and O–H groups in total. The topological polar surface area (TPSA) is 43.9 Å². The average Bonchev–Trinajstić information content (AvgIpc) is 3.09. The van der Waals surface area contributed by atoms with Crippen molar-refractivity contribution >= 4 is 11.8 Å². The highest BCUT2D eigenvalue weighted by atomic mass is 16.2. The molecular formula is C25H31N3O2. The highest BCUT2D eigenvalue weighted by molar-refractivity contribution is 6.01. The van der Waals surface area contributed by atoms with Crippen LogP contribution >= 0.6 is 0 Å². The highest BCUT2D eigenvalue weighted by Crippen LogP contribution is 2.28. The van der Waals surface area contributed by atoms with Crippen LogP contribution in [0.5, 0.6) is 0 Å². The van der Waals surface area contributed by atoms with Gasteiger partial charge in [-0.3, -0.25) is 14.5 Å². The van der Waals surface area contributed by atoms with Crippen molar-refractivity contribution in [2.45, 2.75) is 39.4 Å². The fourth-order valence-electron chi connectivity index (χ4n) is 4.52. The van der Waals surface area contributed by atoms with Gasteiger partial charge in [0.15, 0.2) is 0 Å². The van der Waals surface area contributed by atoms with Crippen molar-refractivity contribution in [3.05, 3.63) is 71.3 Å². The summed E-state index contributed by atoms with van der Waals surface area (Å²) < 4.78 is 0. The fraction of sp³-hybridized carbons (Fsp3) is 0.440. The van der Waals surface area contributed by atoms with Gasteiger partial charge in [-0.15, -0.1) is 0 Å². The fourth-order valence-corrected chi connectivity index (χ4v) is 4.52. The lowest BCUT2D eigenvalue weighted by Gasteiger charge is -2.38. The van der Waals surface area contributed by atoms with Gasteiger partial charge < -0.3 is 9.80 Å². The van der Waals surface area contributed by atoms with Gasteiger partial charge in [0.25, 0.3) is 5.91 Å². The Bertz CT molecular complexity index is 888. The summed E-state index contributed by atoms with van der Waals surface area (Å²) in [6.45, 7) is 8.85. The van der Waals surface area contributed by atoms with Gasteiger partial charge in [-0.2, -0.15) is 0 Å². The molecule has 0 aromatic heterocycles. The summed E-state index contributed by atoms with van der Waals surface area (Å²) in [5.41, 5.74) is 3.07. The number of benzene rings is 2. The number of hydrogen-bond donors (Lipinski definition) is 0. The van der Waals surface area contributed by atoms with E-state index in [1.807, 2.05) is 35.2 Å². The Hall–Kier alpha value is -2.66. The molecule has 0 spiro atoms. The summed E-state index contributed by atoms with van der Waals surface area (Å²) in [4.78, 5) is 32.7. The van der Waals surface area contributed by atoms with E-state index in [0.717, 1.165) is 43.9 Å². The number of rotatable bonds is 6. The lowest BCUT2D eigenvalue weighted by Crippen LogP contribution is -2.55. The second-order valence-electron chi connectivity index (χ2n) is 8.82. The van der Waals surface area contributed by atoms with Crippen LogP contribution in [0, 0.1) is 5.92 Å². The van der Waals surface area contributed by atoms with E-state index in [-0.39, 0.29) is 17.9 Å². The maximum atomic E-state index is 13.5. The molecule has 158 valence electrons. The minimum absolute atomic E-state index is 0.00712. The third-order valence-corrected chi connectivity index (χ3v) is 6.14. The predicted octanol–water partition coefficient (Wildman–Crippen LogP) is 3.40. The number of carbonyl (C=O) groups excluding carboxylic acids is 2. The molecule has 2 aliphatic heterocycles. The largest absolute Gasteiger partial charge is 0.338 e. The van der Waals surface area contributed by atoms with Crippen LogP contribution in [-0.4, -0.2) is 58.7 Å².